The molecule has 0 aliphatic carbocycles. The van der Waals surface area contributed by atoms with E-state index in [1.54, 1.807) is 0 Å². The van der Waals surface area contributed by atoms with Crippen molar-refractivity contribution >= 4 is 0 Å². The molecule has 0 unspecified atom stereocenters. The largest absolute Gasteiger partial charge is 0.392 e. The first-order valence-corrected chi connectivity index (χ1v) is 3.60. The highest BCUT2D eigenvalue weighted by Crippen LogP contribution is 2.23. The van der Waals surface area contributed by atoms with E-state index in [2.05, 4.69) is 4.98 Å². The topological polar surface area (TPSA) is 33.1 Å². The Hall–Kier alpha value is -1.10. The van der Waals surface area contributed by atoms with Gasteiger partial charge in [0.2, 0.25) is 0 Å². The van der Waals surface area contributed by atoms with Crippen LogP contribution in [0, 0.1) is 12.7 Å². The number of alkyl halides is 2. The van der Waals surface area contributed by atoms with Crippen LogP contribution >= 0.6 is 0 Å². The van der Waals surface area contributed by atoms with Gasteiger partial charge in [0, 0.05) is 11.8 Å². The van der Waals surface area contributed by atoms with Gasteiger partial charge in [-0.15, -0.1) is 0 Å². The summed E-state index contributed by atoms with van der Waals surface area (Å²) in [6.07, 6.45) is -1.83. The second-order valence-electron chi connectivity index (χ2n) is 2.58. The number of aliphatic hydroxyl groups excluding tert-OH is 1. The van der Waals surface area contributed by atoms with Crippen LogP contribution in [-0.2, 0) is 6.61 Å². The van der Waals surface area contributed by atoms with E-state index in [-0.39, 0.29) is 5.56 Å². The first-order chi connectivity index (χ1) is 6.07. The number of halogens is 3. The molecule has 0 aliphatic heterocycles. The molecule has 0 amide bonds. The maximum Gasteiger partial charge on any atom is 0.283 e. The van der Waals surface area contributed by atoms with Crippen molar-refractivity contribution in [1.82, 2.24) is 4.98 Å². The van der Waals surface area contributed by atoms with E-state index in [9.17, 15) is 13.2 Å². The molecule has 0 saturated carbocycles. The highest BCUT2D eigenvalue weighted by Gasteiger charge is 2.18. The van der Waals surface area contributed by atoms with Crippen molar-refractivity contribution in [3.63, 3.8) is 0 Å². The van der Waals surface area contributed by atoms with Crippen LogP contribution in [0.3, 0.4) is 0 Å². The Morgan fingerprint density at radius 2 is 2.15 bits per heavy atom. The van der Waals surface area contributed by atoms with Gasteiger partial charge in [-0.25, -0.2) is 13.2 Å². The molecule has 0 bridgehead atoms. The quantitative estimate of drug-likeness (QED) is 0.775. The van der Waals surface area contributed by atoms with Crippen LogP contribution < -0.4 is 0 Å². The molecular formula is C8H8F3NO. The van der Waals surface area contributed by atoms with Crippen LogP contribution in [0.15, 0.2) is 6.20 Å². The Labute approximate surface area is 73.0 Å². The number of pyridine rings is 1. The Balaban J connectivity index is 3.27. The lowest BCUT2D eigenvalue weighted by Crippen LogP contribution is -2.03. The smallest absolute Gasteiger partial charge is 0.283 e. The average Bonchev–Trinajstić information content (AvgIpc) is 2.04. The van der Waals surface area contributed by atoms with Crippen molar-refractivity contribution in [2.75, 3.05) is 0 Å². The van der Waals surface area contributed by atoms with Gasteiger partial charge in [-0.05, 0) is 12.5 Å². The summed E-state index contributed by atoms with van der Waals surface area (Å²) in [6.45, 7) is 0.900. The summed E-state index contributed by atoms with van der Waals surface area (Å²) in [7, 11) is 0. The normalized spacial score (nSPS) is 10.9. The van der Waals surface area contributed by atoms with Gasteiger partial charge in [0.25, 0.3) is 6.43 Å². The van der Waals surface area contributed by atoms with Gasteiger partial charge in [0.15, 0.2) is 5.82 Å². The summed E-state index contributed by atoms with van der Waals surface area (Å²) in [5, 5.41) is 8.69. The Morgan fingerprint density at radius 3 is 2.62 bits per heavy atom. The fourth-order valence-corrected chi connectivity index (χ4v) is 0.975. The van der Waals surface area contributed by atoms with Crippen LogP contribution in [0.2, 0.25) is 0 Å². The molecule has 0 spiro atoms. The number of nitrogens with zero attached hydrogens (tertiary/aromatic N) is 1. The molecule has 0 saturated heterocycles. The number of aryl methyl sites for hydroxylation is 1. The zero-order valence-electron chi connectivity index (χ0n) is 6.89. The third-order valence-corrected chi connectivity index (χ3v) is 1.73. The van der Waals surface area contributed by atoms with E-state index in [0.717, 1.165) is 6.20 Å². The summed E-state index contributed by atoms with van der Waals surface area (Å²) in [5.74, 6) is -1.11. The van der Waals surface area contributed by atoms with E-state index < -0.39 is 24.5 Å². The monoisotopic (exact) mass is 191 g/mol. The Kier molecular flexibility index (Phi) is 2.87. The van der Waals surface area contributed by atoms with E-state index in [4.69, 9.17) is 5.11 Å². The number of rotatable bonds is 2. The molecule has 13 heavy (non-hydrogen) atoms. The van der Waals surface area contributed by atoms with Gasteiger partial charge in [0.1, 0.15) is 5.69 Å². The summed E-state index contributed by atoms with van der Waals surface area (Å²) in [4.78, 5) is 3.25. The third-order valence-electron chi connectivity index (χ3n) is 1.73. The SMILES string of the molecule is Cc1cnc(C(F)F)c(F)c1CO. The number of aromatic nitrogens is 1. The van der Waals surface area contributed by atoms with Crippen LogP contribution in [0.25, 0.3) is 0 Å². The van der Waals surface area contributed by atoms with Gasteiger partial charge in [-0.1, -0.05) is 0 Å². The maximum absolute atomic E-state index is 13.1. The second kappa shape index (κ2) is 3.74. The number of hydrogen-bond donors (Lipinski definition) is 1. The van der Waals surface area contributed by atoms with Crippen LogP contribution in [-0.4, -0.2) is 10.1 Å². The van der Waals surface area contributed by atoms with Gasteiger partial charge in [-0.3, -0.25) is 4.98 Å². The zero-order chi connectivity index (χ0) is 10.0. The van der Waals surface area contributed by atoms with Crippen molar-refractivity contribution in [2.45, 2.75) is 20.0 Å². The summed E-state index contributed by atoms with van der Waals surface area (Å²) in [5.41, 5.74) is -0.663. The molecular weight excluding hydrogens is 183 g/mol. The predicted molar refractivity (Wildman–Crippen MR) is 39.8 cm³/mol. The van der Waals surface area contributed by atoms with Gasteiger partial charge >= 0.3 is 0 Å². The summed E-state index contributed by atoms with van der Waals surface area (Å²) < 4.78 is 37.3. The highest BCUT2D eigenvalue weighted by molar-refractivity contribution is 5.27. The van der Waals surface area contributed by atoms with E-state index in [1.807, 2.05) is 0 Å². The van der Waals surface area contributed by atoms with Crippen molar-refractivity contribution in [3.8, 4) is 0 Å². The van der Waals surface area contributed by atoms with Gasteiger partial charge in [0.05, 0.1) is 6.61 Å². The van der Waals surface area contributed by atoms with Crippen LogP contribution in [0.5, 0.6) is 0 Å². The first-order valence-electron chi connectivity index (χ1n) is 3.60. The second-order valence-corrected chi connectivity index (χ2v) is 2.58. The molecule has 1 rings (SSSR count). The lowest BCUT2D eigenvalue weighted by Gasteiger charge is -2.07. The molecule has 1 N–H and O–H groups in total. The van der Waals surface area contributed by atoms with E-state index >= 15 is 0 Å². The highest BCUT2D eigenvalue weighted by atomic mass is 19.3. The molecule has 1 aromatic heterocycles. The van der Waals surface area contributed by atoms with Crippen molar-refractivity contribution in [3.05, 3.63) is 28.8 Å². The Bertz CT molecular complexity index is 315. The predicted octanol–water partition coefficient (Wildman–Crippen LogP) is 1.96. The number of aliphatic hydroxyl groups is 1. The maximum atomic E-state index is 13.1. The molecule has 5 heteroatoms. The van der Waals surface area contributed by atoms with Gasteiger partial charge < -0.3 is 5.11 Å². The summed E-state index contributed by atoms with van der Waals surface area (Å²) >= 11 is 0. The zero-order valence-corrected chi connectivity index (χ0v) is 6.89. The Morgan fingerprint density at radius 1 is 1.54 bits per heavy atom. The van der Waals surface area contributed by atoms with Crippen LogP contribution in [0.1, 0.15) is 23.2 Å². The van der Waals surface area contributed by atoms with Crippen molar-refractivity contribution in [2.24, 2.45) is 0 Å². The fourth-order valence-electron chi connectivity index (χ4n) is 0.975. The van der Waals surface area contributed by atoms with E-state index in [1.165, 1.54) is 6.92 Å². The molecule has 0 aromatic carbocycles. The molecule has 0 aliphatic rings. The standard InChI is InChI=1S/C8H8F3NO/c1-4-2-12-7(8(10)11)6(9)5(4)3-13/h2,8,13H,3H2,1H3. The minimum absolute atomic E-state index is 0.120. The van der Waals surface area contributed by atoms with Crippen molar-refractivity contribution in [1.29, 1.82) is 0 Å². The molecule has 0 fully saturated rings. The lowest BCUT2D eigenvalue weighted by atomic mass is 10.1. The minimum Gasteiger partial charge on any atom is -0.392 e. The van der Waals surface area contributed by atoms with Crippen molar-refractivity contribution < 1.29 is 18.3 Å². The molecule has 0 radical (unpaired) electrons. The fraction of sp³-hybridized carbons (Fsp3) is 0.375. The average molecular weight is 191 g/mol. The van der Waals surface area contributed by atoms with E-state index in [0.29, 0.717) is 5.56 Å². The first kappa shape index (κ1) is 9.98. The minimum atomic E-state index is -2.95. The third kappa shape index (κ3) is 1.80. The molecule has 1 aromatic rings. The number of hydrogen-bond acceptors (Lipinski definition) is 2. The molecule has 2 nitrogen and oxygen atoms in total. The molecule has 72 valence electrons. The van der Waals surface area contributed by atoms with Crippen LogP contribution in [0.4, 0.5) is 13.2 Å². The molecule has 1 heterocycles. The molecule has 0 atom stereocenters. The lowest BCUT2D eigenvalue weighted by molar-refractivity contribution is 0.139. The van der Waals surface area contributed by atoms with Gasteiger partial charge in [-0.2, -0.15) is 0 Å². The summed E-state index contributed by atoms with van der Waals surface area (Å²) in [6, 6.07) is 0.